The molecule has 0 radical (unpaired) electrons. The molecule has 0 aromatic heterocycles. The Morgan fingerprint density at radius 1 is 1.42 bits per heavy atom. The second-order valence-electron chi connectivity index (χ2n) is 6.42. The Morgan fingerprint density at radius 3 is 2.79 bits per heavy atom. The number of nitrogens with zero attached hydrogens (tertiary/aromatic N) is 1. The van der Waals surface area contributed by atoms with Gasteiger partial charge < -0.3 is 19.1 Å². The van der Waals surface area contributed by atoms with E-state index >= 15 is 0 Å². The van der Waals surface area contributed by atoms with Gasteiger partial charge in [-0.1, -0.05) is 0 Å². The topological polar surface area (TPSA) is 48.0 Å². The monoisotopic (exact) mass is 337 g/mol. The number of hydrogen-bond acceptors (Lipinski definition) is 4. The Balaban J connectivity index is 1.60. The van der Waals surface area contributed by atoms with Crippen LogP contribution in [-0.2, 0) is 9.47 Å². The minimum atomic E-state index is -0.518. The molecule has 6 heteroatoms. The van der Waals surface area contributed by atoms with Crippen molar-refractivity contribution in [3.63, 3.8) is 0 Å². The molecular weight excluding hydrogens is 313 g/mol. The lowest BCUT2D eigenvalue weighted by Gasteiger charge is -2.38. The van der Waals surface area contributed by atoms with Crippen LogP contribution in [0.4, 0.5) is 4.39 Å². The number of halogens is 1. The molecular formula is C18H24FNO4. The highest BCUT2D eigenvalue weighted by Gasteiger charge is 2.43. The first-order valence-corrected chi connectivity index (χ1v) is 8.45. The number of rotatable bonds is 4. The molecule has 5 nitrogen and oxygen atoms in total. The maximum absolute atomic E-state index is 13.8. The van der Waals surface area contributed by atoms with Gasteiger partial charge in [-0.05, 0) is 38.0 Å². The third-order valence-corrected chi connectivity index (χ3v) is 4.94. The van der Waals surface area contributed by atoms with Crippen molar-refractivity contribution in [1.82, 2.24) is 4.90 Å². The lowest BCUT2D eigenvalue weighted by atomic mass is 9.87. The van der Waals surface area contributed by atoms with Gasteiger partial charge >= 0.3 is 0 Å². The van der Waals surface area contributed by atoms with Crippen molar-refractivity contribution in [2.45, 2.75) is 37.9 Å². The zero-order chi connectivity index (χ0) is 17.2. The largest absolute Gasteiger partial charge is 0.494 e. The summed E-state index contributed by atoms with van der Waals surface area (Å²) >= 11 is 0. The molecule has 2 saturated heterocycles. The van der Waals surface area contributed by atoms with E-state index in [2.05, 4.69) is 0 Å². The fourth-order valence-corrected chi connectivity index (χ4v) is 3.59. The number of amides is 1. The van der Waals surface area contributed by atoms with Crippen LogP contribution in [0.2, 0.25) is 0 Å². The minimum Gasteiger partial charge on any atom is -0.494 e. The van der Waals surface area contributed by atoms with E-state index in [1.165, 1.54) is 19.2 Å². The van der Waals surface area contributed by atoms with Crippen molar-refractivity contribution in [1.29, 1.82) is 0 Å². The fraction of sp³-hybridized carbons (Fsp3) is 0.611. The number of piperidine rings is 1. The Labute approximate surface area is 141 Å². The maximum atomic E-state index is 13.8. The molecule has 2 aliphatic rings. The highest BCUT2D eigenvalue weighted by Crippen LogP contribution is 2.37. The maximum Gasteiger partial charge on any atom is 0.253 e. The van der Waals surface area contributed by atoms with Crippen LogP contribution in [0.1, 0.15) is 36.5 Å². The normalized spacial score (nSPS) is 22.8. The van der Waals surface area contributed by atoms with Crippen molar-refractivity contribution in [3.8, 4) is 5.75 Å². The summed E-state index contributed by atoms with van der Waals surface area (Å²) in [5.41, 5.74) is 0.186. The predicted molar refractivity (Wildman–Crippen MR) is 86.8 cm³/mol. The Morgan fingerprint density at radius 2 is 2.17 bits per heavy atom. The van der Waals surface area contributed by atoms with Crippen molar-refractivity contribution in [2.24, 2.45) is 0 Å². The molecule has 2 heterocycles. The van der Waals surface area contributed by atoms with Crippen molar-refractivity contribution in [2.75, 3.05) is 33.4 Å². The molecule has 0 unspecified atom stereocenters. The van der Waals surface area contributed by atoms with E-state index in [1.54, 1.807) is 11.0 Å². The molecule has 24 heavy (non-hydrogen) atoms. The van der Waals surface area contributed by atoms with Crippen LogP contribution < -0.4 is 4.74 Å². The van der Waals surface area contributed by atoms with Gasteiger partial charge in [0.05, 0.1) is 25.4 Å². The third kappa shape index (κ3) is 3.39. The molecule has 1 spiro atoms. The quantitative estimate of drug-likeness (QED) is 0.847. The van der Waals surface area contributed by atoms with E-state index in [0.717, 1.165) is 19.3 Å². The molecule has 132 valence electrons. The van der Waals surface area contributed by atoms with Gasteiger partial charge in [0, 0.05) is 31.7 Å². The van der Waals surface area contributed by atoms with Crippen LogP contribution in [0, 0.1) is 5.82 Å². The summed E-state index contributed by atoms with van der Waals surface area (Å²) in [6, 6.07) is 4.33. The minimum absolute atomic E-state index is 0.144. The zero-order valence-corrected chi connectivity index (χ0v) is 14.2. The predicted octanol–water partition coefficient (Wildman–Crippen LogP) is 2.63. The molecule has 2 aliphatic heterocycles. The molecule has 0 bridgehead atoms. The van der Waals surface area contributed by atoms with Gasteiger partial charge in [0.15, 0.2) is 11.6 Å². The van der Waals surface area contributed by atoms with Gasteiger partial charge in [0.2, 0.25) is 0 Å². The molecule has 1 aromatic carbocycles. The van der Waals surface area contributed by atoms with Gasteiger partial charge in [-0.25, -0.2) is 4.39 Å². The summed E-state index contributed by atoms with van der Waals surface area (Å²) in [6.45, 7) is 4.54. The molecule has 0 N–H and O–H groups in total. The molecule has 3 rings (SSSR count). The van der Waals surface area contributed by atoms with Gasteiger partial charge in [0.25, 0.3) is 5.91 Å². The molecule has 2 fully saturated rings. The highest BCUT2D eigenvalue weighted by atomic mass is 19.1. The van der Waals surface area contributed by atoms with Crippen LogP contribution in [0.5, 0.6) is 5.75 Å². The molecule has 1 aromatic rings. The zero-order valence-electron chi connectivity index (χ0n) is 14.2. The van der Waals surface area contributed by atoms with Crippen LogP contribution >= 0.6 is 0 Å². The smallest absolute Gasteiger partial charge is 0.253 e. The second-order valence-corrected chi connectivity index (χ2v) is 6.42. The standard InChI is InChI=1S/C18H24FNO4/c1-3-23-14-11-18(24-12-14)6-8-20(9-7-18)17(21)13-4-5-16(22-2)15(19)10-13/h4-5,10,14H,3,6-9,11-12H2,1-2H3/t14-/m1/s1. The van der Waals surface area contributed by atoms with E-state index in [9.17, 15) is 9.18 Å². The number of carbonyl (C=O) groups excluding carboxylic acids is 1. The third-order valence-electron chi connectivity index (χ3n) is 4.94. The summed E-state index contributed by atoms with van der Waals surface area (Å²) in [5.74, 6) is -0.522. The van der Waals surface area contributed by atoms with Gasteiger partial charge in [-0.15, -0.1) is 0 Å². The van der Waals surface area contributed by atoms with E-state index in [4.69, 9.17) is 14.2 Å². The highest BCUT2D eigenvalue weighted by molar-refractivity contribution is 5.94. The summed E-state index contributed by atoms with van der Waals surface area (Å²) in [4.78, 5) is 14.3. The fourth-order valence-electron chi connectivity index (χ4n) is 3.59. The van der Waals surface area contributed by atoms with E-state index < -0.39 is 5.82 Å². The molecule has 1 atom stereocenters. The number of hydrogen-bond donors (Lipinski definition) is 0. The number of ether oxygens (including phenoxy) is 3. The summed E-state index contributed by atoms with van der Waals surface area (Å²) in [6.07, 6.45) is 2.63. The van der Waals surface area contributed by atoms with Gasteiger partial charge in [-0.3, -0.25) is 4.79 Å². The summed E-state index contributed by atoms with van der Waals surface area (Å²) < 4.78 is 30.3. The Hall–Kier alpha value is -1.66. The number of likely N-dealkylation sites (tertiary alicyclic amines) is 1. The number of benzene rings is 1. The lowest BCUT2D eigenvalue weighted by Crippen LogP contribution is -2.46. The van der Waals surface area contributed by atoms with E-state index in [0.29, 0.717) is 31.9 Å². The number of carbonyl (C=O) groups is 1. The summed E-state index contributed by atoms with van der Waals surface area (Å²) in [5, 5.41) is 0. The first kappa shape index (κ1) is 17.2. The first-order chi connectivity index (χ1) is 11.6. The molecule has 0 saturated carbocycles. The van der Waals surface area contributed by atoms with Crippen LogP contribution in [0.15, 0.2) is 18.2 Å². The molecule has 0 aliphatic carbocycles. The average molecular weight is 337 g/mol. The van der Waals surface area contributed by atoms with E-state index in [-0.39, 0.29) is 23.4 Å². The van der Waals surface area contributed by atoms with Crippen molar-refractivity contribution >= 4 is 5.91 Å². The Kier molecular flexibility index (Phi) is 5.06. The van der Waals surface area contributed by atoms with Crippen LogP contribution in [0.3, 0.4) is 0 Å². The van der Waals surface area contributed by atoms with E-state index in [1.807, 2.05) is 6.92 Å². The van der Waals surface area contributed by atoms with Crippen LogP contribution in [0.25, 0.3) is 0 Å². The van der Waals surface area contributed by atoms with Crippen molar-refractivity contribution < 1.29 is 23.4 Å². The van der Waals surface area contributed by atoms with Gasteiger partial charge in [0.1, 0.15) is 0 Å². The second kappa shape index (κ2) is 7.07. The molecule has 1 amide bonds. The number of methoxy groups -OCH3 is 1. The van der Waals surface area contributed by atoms with Gasteiger partial charge in [-0.2, -0.15) is 0 Å². The lowest BCUT2D eigenvalue weighted by molar-refractivity contribution is -0.0407. The first-order valence-electron chi connectivity index (χ1n) is 8.45. The summed E-state index contributed by atoms with van der Waals surface area (Å²) in [7, 11) is 1.40. The van der Waals surface area contributed by atoms with Crippen molar-refractivity contribution in [3.05, 3.63) is 29.6 Å². The van der Waals surface area contributed by atoms with Crippen LogP contribution in [-0.4, -0.2) is 55.9 Å². The SMILES string of the molecule is CCO[C@H]1COC2(CCN(C(=O)c3ccc(OC)c(F)c3)CC2)C1. The average Bonchev–Trinajstić information content (AvgIpc) is 2.98. The Bertz CT molecular complexity index is 599.